The van der Waals surface area contributed by atoms with Gasteiger partial charge in [0.25, 0.3) is 10.0 Å². The summed E-state index contributed by atoms with van der Waals surface area (Å²) in [6.45, 7) is 2.16. The van der Waals surface area contributed by atoms with E-state index in [1.54, 1.807) is 31.2 Å². The van der Waals surface area contributed by atoms with Gasteiger partial charge in [-0.25, -0.2) is 16.8 Å². The zero-order valence-electron chi connectivity index (χ0n) is 15.2. The van der Waals surface area contributed by atoms with E-state index in [0.717, 1.165) is 6.42 Å². The molecule has 28 heavy (non-hydrogen) atoms. The number of anilines is 2. The zero-order chi connectivity index (χ0) is 19.9. The van der Waals surface area contributed by atoms with Crippen molar-refractivity contribution in [3.05, 3.63) is 42.0 Å². The van der Waals surface area contributed by atoms with Gasteiger partial charge in [-0.2, -0.15) is 0 Å². The third-order valence-corrected chi connectivity index (χ3v) is 8.12. The molecule has 0 amide bonds. The van der Waals surface area contributed by atoms with Crippen LogP contribution in [-0.4, -0.2) is 35.9 Å². The van der Waals surface area contributed by atoms with Crippen molar-refractivity contribution in [1.29, 1.82) is 0 Å². The van der Waals surface area contributed by atoms with E-state index >= 15 is 0 Å². The Kier molecular flexibility index (Phi) is 4.62. The van der Waals surface area contributed by atoms with E-state index in [4.69, 9.17) is 9.47 Å². The molecule has 8 nitrogen and oxygen atoms in total. The molecule has 0 spiro atoms. The minimum Gasteiger partial charge on any atom is -0.454 e. The lowest BCUT2D eigenvalue weighted by molar-refractivity contribution is 0.174. The van der Waals surface area contributed by atoms with Gasteiger partial charge in [0.1, 0.15) is 0 Å². The number of aryl methyl sites for hydroxylation is 1. The highest BCUT2D eigenvalue weighted by Crippen LogP contribution is 2.35. The van der Waals surface area contributed by atoms with Crippen LogP contribution in [0.3, 0.4) is 0 Å². The average Bonchev–Trinajstić information content (AvgIpc) is 3.08. The van der Waals surface area contributed by atoms with Crippen LogP contribution < -0.4 is 18.5 Å². The molecule has 2 aromatic carbocycles. The van der Waals surface area contributed by atoms with Crippen LogP contribution in [0.1, 0.15) is 18.4 Å². The molecule has 2 aromatic rings. The van der Waals surface area contributed by atoms with Gasteiger partial charge in [-0.3, -0.25) is 9.03 Å². The topological polar surface area (TPSA) is 102 Å². The molecule has 0 atom stereocenters. The Labute approximate surface area is 164 Å². The summed E-state index contributed by atoms with van der Waals surface area (Å²) in [6.07, 6.45) is 1.42. The number of ether oxygens (including phenoxy) is 2. The van der Waals surface area contributed by atoms with Gasteiger partial charge in [0, 0.05) is 12.6 Å². The Morgan fingerprint density at radius 1 is 1.04 bits per heavy atom. The van der Waals surface area contributed by atoms with Crippen molar-refractivity contribution >= 4 is 31.4 Å². The van der Waals surface area contributed by atoms with Crippen molar-refractivity contribution in [2.45, 2.75) is 24.7 Å². The molecule has 0 aromatic heterocycles. The van der Waals surface area contributed by atoms with Crippen molar-refractivity contribution in [3.8, 4) is 11.5 Å². The average molecular weight is 425 g/mol. The molecule has 0 aliphatic carbocycles. The fourth-order valence-electron chi connectivity index (χ4n) is 3.34. The summed E-state index contributed by atoms with van der Waals surface area (Å²) in [6, 6.07) is 9.35. The summed E-state index contributed by atoms with van der Waals surface area (Å²) in [7, 11) is -7.21. The Hall–Kier alpha value is -2.46. The molecular formula is C18H20N2O6S2. The number of nitrogens with zero attached hydrogens (tertiary/aromatic N) is 1. The summed E-state index contributed by atoms with van der Waals surface area (Å²) in [5.41, 5.74) is 1.30. The van der Waals surface area contributed by atoms with E-state index in [9.17, 15) is 16.8 Å². The largest absolute Gasteiger partial charge is 0.454 e. The van der Waals surface area contributed by atoms with Gasteiger partial charge in [0.05, 0.1) is 22.0 Å². The summed E-state index contributed by atoms with van der Waals surface area (Å²) in [5.74, 6) is 1.14. The first-order chi connectivity index (χ1) is 13.3. The van der Waals surface area contributed by atoms with E-state index in [1.807, 2.05) is 0 Å². The molecule has 2 aliphatic heterocycles. The standard InChI is InChI=1S/C18H20N2O6S2/c1-13-10-15(20-8-2-3-9-27(20,21)22)5-7-18(13)28(23,24)19-14-4-6-16-17(11-14)26-12-25-16/h4-7,10-11,19H,2-3,8-9,12H2,1H3. The second kappa shape index (κ2) is 6.85. The van der Waals surface area contributed by atoms with Crippen molar-refractivity contribution in [3.63, 3.8) is 0 Å². The molecular weight excluding hydrogens is 404 g/mol. The Balaban J connectivity index is 1.61. The molecule has 1 fully saturated rings. The predicted octanol–water partition coefficient (Wildman–Crippen LogP) is 2.45. The van der Waals surface area contributed by atoms with Crippen LogP contribution in [0.4, 0.5) is 11.4 Å². The smallest absolute Gasteiger partial charge is 0.262 e. The normalized spacial score (nSPS) is 18.1. The fourth-order valence-corrected chi connectivity index (χ4v) is 6.25. The number of benzene rings is 2. The Bertz CT molecular complexity index is 1130. The molecule has 150 valence electrons. The van der Waals surface area contributed by atoms with Crippen LogP contribution in [0.25, 0.3) is 0 Å². The Morgan fingerprint density at radius 2 is 1.82 bits per heavy atom. The van der Waals surface area contributed by atoms with Gasteiger partial charge in [0.2, 0.25) is 16.8 Å². The maximum Gasteiger partial charge on any atom is 0.262 e. The molecule has 1 saturated heterocycles. The van der Waals surface area contributed by atoms with Crippen LogP contribution >= 0.6 is 0 Å². The van der Waals surface area contributed by atoms with Crippen LogP contribution in [-0.2, 0) is 20.0 Å². The highest BCUT2D eigenvalue weighted by Gasteiger charge is 2.27. The van der Waals surface area contributed by atoms with E-state index in [-0.39, 0.29) is 17.4 Å². The van der Waals surface area contributed by atoms with Gasteiger partial charge in [-0.1, -0.05) is 0 Å². The van der Waals surface area contributed by atoms with Gasteiger partial charge in [-0.05, 0) is 55.7 Å². The molecule has 0 bridgehead atoms. The number of rotatable bonds is 4. The van der Waals surface area contributed by atoms with Gasteiger partial charge < -0.3 is 9.47 Å². The van der Waals surface area contributed by atoms with Crippen LogP contribution in [0.15, 0.2) is 41.3 Å². The lowest BCUT2D eigenvalue weighted by atomic mass is 10.2. The zero-order valence-corrected chi connectivity index (χ0v) is 16.8. The lowest BCUT2D eigenvalue weighted by Gasteiger charge is -2.28. The number of fused-ring (bicyclic) bond motifs is 1. The predicted molar refractivity (Wildman–Crippen MR) is 105 cm³/mol. The number of hydrogen-bond donors (Lipinski definition) is 1. The molecule has 4 rings (SSSR count). The first-order valence-electron chi connectivity index (χ1n) is 8.80. The highest BCUT2D eigenvalue weighted by molar-refractivity contribution is 7.93. The Morgan fingerprint density at radius 3 is 2.57 bits per heavy atom. The van der Waals surface area contributed by atoms with Crippen molar-refractivity contribution < 1.29 is 26.3 Å². The van der Waals surface area contributed by atoms with E-state index in [1.165, 1.54) is 16.4 Å². The third kappa shape index (κ3) is 3.49. The minimum atomic E-state index is -3.85. The molecule has 10 heteroatoms. The minimum absolute atomic E-state index is 0.0864. The molecule has 2 heterocycles. The highest BCUT2D eigenvalue weighted by atomic mass is 32.2. The van der Waals surface area contributed by atoms with Crippen molar-refractivity contribution in [2.75, 3.05) is 28.1 Å². The molecule has 0 radical (unpaired) electrons. The van der Waals surface area contributed by atoms with Gasteiger partial charge >= 0.3 is 0 Å². The molecule has 0 saturated carbocycles. The summed E-state index contributed by atoms with van der Waals surface area (Å²) < 4.78 is 64.6. The summed E-state index contributed by atoms with van der Waals surface area (Å²) in [4.78, 5) is 0.0864. The molecule has 2 aliphatic rings. The van der Waals surface area contributed by atoms with Crippen LogP contribution in [0.2, 0.25) is 0 Å². The van der Waals surface area contributed by atoms with E-state index in [0.29, 0.717) is 41.4 Å². The van der Waals surface area contributed by atoms with Crippen molar-refractivity contribution in [1.82, 2.24) is 0 Å². The van der Waals surface area contributed by atoms with Gasteiger partial charge in [-0.15, -0.1) is 0 Å². The van der Waals surface area contributed by atoms with E-state index < -0.39 is 20.0 Å². The second-order valence-electron chi connectivity index (χ2n) is 6.72. The van der Waals surface area contributed by atoms with Crippen LogP contribution in [0, 0.1) is 6.92 Å². The fraction of sp³-hybridized carbons (Fsp3) is 0.333. The summed E-state index contributed by atoms with van der Waals surface area (Å²) in [5, 5.41) is 0. The van der Waals surface area contributed by atoms with Crippen LogP contribution in [0.5, 0.6) is 11.5 Å². The summed E-state index contributed by atoms with van der Waals surface area (Å²) >= 11 is 0. The van der Waals surface area contributed by atoms with E-state index in [2.05, 4.69) is 4.72 Å². The first-order valence-corrected chi connectivity index (χ1v) is 11.9. The third-order valence-electron chi connectivity index (χ3n) is 4.71. The number of sulfonamides is 2. The molecule has 1 N–H and O–H groups in total. The van der Waals surface area contributed by atoms with Crippen molar-refractivity contribution in [2.24, 2.45) is 0 Å². The monoisotopic (exact) mass is 424 g/mol. The number of nitrogens with one attached hydrogen (secondary N) is 1. The van der Waals surface area contributed by atoms with Gasteiger partial charge in [0.15, 0.2) is 11.5 Å². The second-order valence-corrected chi connectivity index (χ2v) is 10.4. The number of hydrogen-bond acceptors (Lipinski definition) is 6. The quantitative estimate of drug-likeness (QED) is 0.809. The maximum atomic E-state index is 12.8. The SMILES string of the molecule is Cc1cc(N2CCCCS2(=O)=O)ccc1S(=O)(=O)Nc1ccc2c(c1)OCO2. The lowest BCUT2D eigenvalue weighted by Crippen LogP contribution is -2.37. The molecule has 0 unspecified atom stereocenters. The first kappa shape index (κ1) is 18.9. The maximum absolute atomic E-state index is 12.8.